The molecular weight excluding hydrogens is 350 g/mol. The van der Waals surface area contributed by atoms with Gasteiger partial charge in [-0.2, -0.15) is 5.10 Å². The van der Waals surface area contributed by atoms with Crippen LogP contribution in [0.3, 0.4) is 0 Å². The highest BCUT2D eigenvalue weighted by molar-refractivity contribution is 5.94. The van der Waals surface area contributed by atoms with Crippen LogP contribution in [0.2, 0.25) is 0 Å². The SMILES string of the molecule is CCOC(=O)c1cnn(-c2ccc(C(=O)N(C)CCC(=O)OC)cc2)c1C. The fraction of sp³-hybridized carbons (Fsp3) is 0.368. The molecule has 2 rings (SSSR count). The van der Waals surface area contributed by atoms with Crippen LogP contribution in [0, 0.1) is 6.92 Å². The van der Waals surface area contributed by atoms with E-state index in [9.17, 15) is 14.4 Å². The lowest BCUT2D eigenvalue weighted by Gasteiger charge is -2.16. The molecule has 8 heteroatoms. The van der Waals surface area contributed by atoms with Crippen LogP contribution < -0.4 is 0 Å². The van der Waals surface area contributed by atoms with E-state index in [2.05, 4.69) is 9.84 Å². The molecule has 0 aliphatic rings. The minimum Gasteiger partial charge on any atom is -0.469 e. The molecular formula is C19H23N3O5. The van der Waals surface area contributed by atoms with Gasteiger partial charge < -0.3 is 14.4 Å². The molecule has 27 heavy (non-hydrogen) atoms. The van der Waals surface area contributed by atoms with Crippen LogP contribution in [-0.4, -0.2) is 59.8 Å². The summed E-state index contributed by atoms with van der Waals surface area (Å²) in [4.78, 5) is 37.0. The van der Waals surface area contributed by atoms with Gasteiger partial charge in [-0.05, 0) is 38.1 Å². The predicted molar refractivity (Wildman–Crippen MR) is 97.9 cm³/mol. The lowest BCUT2D eigenvalue weighted by molar-refractivity contribution is -0.140. The van der Waals surface area contributed by atoms with Crippen LogP contribution in [0.1, 0.15) is 39.8 Å². The van der Waals surface area contributed by atoms with E-state index in [4.69, 9.17) is 4.74 Å². The van der Waals surface area contributed by atoms with Gasteiger partial charge in [0.2, 0.25) is 0 Å². The molecule has 0 aliphatic carbocycles. The van der Waals surface area contributed by atoms with Gasteiger partial charge >= 0.3 is 11.9 Å². The van der Waals surface area contributed by atoms with Gasteiger partial charge in [0.25, 0.3) is 5.91 Å². The first-order valence-corrected chi connectivity index (χ1v) is 8.53. The molecule has 0 bridgehead atoms. The number of nitrogens with zero attached hydrogens (tertiary/aromatic N) is 3. The molecule has 2 aromatic rings. The zero-order valence-electron chi connectivity index (χ0n) is 15.9. The molecule has 1 aromatic heterocycles. The third kappa shape index (κ3) is 4.72. The number of rotatable bonds is 7. The molecule has 8 nitrogen and oxygen atoms in total. The smallest absolute Gasteiger partial charge is 0.341 e. The van der Waals surface area contributed by atoms with Gasteiger partial charge in [-0.1, -0.05) is 0 Å². The number of carbonyl (C=O) groups is 3. The van der Waals surface area contributed by atoms with Crippen molar-refractivity contribution >= 4 is 17.8 Å². The number of methoxy groups -OCH3 is 1. The zero-order valence-corrected chi connectivity index (χ0v) is 15.9. The quantitative estimate of drug-likeness (QED) is 0.690. The second-order valence-electron chi connectivity index (χ2n) is 5.88. The van der Waals surface area contributed by atoms with Crippen molar-refractivity contribution in [3.8, 4) is 5.69 Å². The largest absolute Gasteiger partial charge is 0.469 e. The summed E-state index contributed by atoms with van der Waals surface area (Å²) < 4.78 is 11.2. The Labute approximate surface area is 157 Å². The Morgan fingerprint density at radius 2 is 1.85 bits per heavy atom. The van der Waals surface area contributed by atoms with Gasteiger partial charge in [-0.25, -0.2) is 9.48 Å². The Hall–Kier alpha value is -3.16. The second kappa shape index (κ2) is 8.98. The minimum atomic E-state index is -0.416. The molecule has 1 aromatic carbocycles. The first kappa shape index (κ1) is 20.2. The first-order chi connectivity index (χ1) is 12.9. The molecule has 0 atom stereocenters. The van der Waals surface area contributed by atoms with Crippen molar-refractivity contribution in [3.63, 3.8) is 0 Å². The van der Waals surface area contributed by atoms with Crippen molar-refractivity contribution in [1.82, 2.24) is 14.7 Å². The van der Waals surface area contributed by atoms with Crippen molar-refractivity contribution < 1.29 is 23.9 Å². The molecule has 0 fully saturated rings. The number of amides is 1. The maximum atomic E-state index is 12.4. The van der Waals surface area contributed by atoms with Gasteiger partial charge in [0.05, 0.1) is 37.7 Å². The second-order valence-corrected chi connectivity index (χ2v) is 5.88. The molecule has 1 heterocycles. The van der Waals surface area contributed by atoms with Crippen molar-refractivity contribution in [2.24, 2.45) is 0 Å². The third-order valence-corrected chi connectivity index (χ3v) is 4.09. The van der Waals surface area contributed by atoms with Crippen molar-refractivity contribution in [2.45, 2.75) is 20.3 Å². The van der Waals surface area contributed by atoms with Crippen LogP contribution in [0.25, 0.3) is 5.69 Å². The number of hydrogen-bond acceptors (Lipinski definition) is 6. The lowest BCUT2D eigenvalue weighted by atomic mass is 10.1. The molecule has 0 unspecified atom stereocenters. The average Bonchev–Trinajstić information content (AvgIpc) is 3.07. The Bertz CT molecular complexity index is 826. The summed E-state index contributed by atoms with van der Waals surface area (Å²) in [5.74, 6) is -0.980. The van der Waals surface area contributed by atoms with Crippen LogP contribution >= 0.6 is 0 Å². The Kier molecular flexibility index (Phi) is 6.70. The summed E-state index contributed by atoms with van der Waals surface area (Å²) in [7, 11) is 2.94. The summed E-state index contributed by atoms with van der Waals surface area (Å²) >= 11 is 0. The van der Waals surface area contributed by atoms with Gasteiger partial charge in [0.15, 0.2) is 0 Å². The summed E-state index contributed by atoms with van der Waals surface area (Å²) in [6.45, 7) is 4.09. The maximum Gasteiger partial charge on any atom is 0.341 e. The van der Waals surface area contributed by atoms with Crippen molar-refractivity contribution in [2.75, 3.05) is 27.3 Å². The van der Waals surface area contributed by atoms with Gasteiger partial charge in [0.1, 0.15) is 5.56 Å². The fourth-order valence-corrected chi connectivity index (χ4v) is 2.51. The monoisotopic (exact) mass is 373 g/mol. The molecule has 1 amide bonds. The summed E-state index contributed by atoms with van der Waals surface area (Å²) in [6.07, 6.45) is 1.60. The molecule has 0 N–H and O–H groups in total. The van der Waals surface area contributed by atoms with E-state index < -0.39 is 5.97 Å². The number of carbonyl (C=O) groups excluding carboxylic acids is 3. The molecule has 0 saturated carbocycles. The topological polar surface area (TPSA) is 90.7 Å². The summed E-state index contributed by atoms with van der Waals surface area (Å²) in [6, 6.07) is 6.85. The fourth-order valence-electron chi connectivity index (χ4n) is 2.51. The Morgan fingerprint density at radius 3 is 2.44 bits per heavy atom. The number of esters is 2. The number of hydrogen-bond donors (Lipinski definition) is 0. The van der Waals surface area contributed by atoms with E-state index >= 15 is 0 Å². The van der Waals surface area contributed by atoms with E-state index in [-0.39, 0.29) is 24.8 Å². The van der Waals surface area contributed by atoms with E-state index in [0.717, 1.165) is 5.69 Å². The zero-order chi connectivity index (χ0) is 20.0. The van der Waals surface area contributed by atoms with Crippen molar-refractivity contribution in [1.29, 1.82) is 0 Å². The van der Waals surface area contributed by atoms with Crippen LogP contribution in [0.15, 0.2) is 30.5 Å². The van der Waals surface area contributed by atoms with E-state index in [0.29, 0.717) is 23.4 Å². The highest BCUT2D eigenvalue weighted by Crippen LogP contribution is 2.16. The van der Waals surface area contributed by atoms with E-state index in [1.807, 2.05) is 0 Å². The number of ether oxygens (including phenoxy) is 2. The van der Waals surface area contributed by atoms with Crippen LogP contribution in [0.4, 0.5) is 0 Å². The predicted octanol–water partition coefficient (Wildman–Crippen LogP) is 1.99. The highest BCUT2D eigenvalue weighted by atomic mass is 16.5. The van der Waals surface area contributed by atoms with Gasteiger partial charge in [0, 0.05) is 19.2 Å². The lowest BCUT2D eigenvalue weighted by Crippen LogP contribution is -2.29. The van der Waals surface area contributed by atoms with Crippen LogP contribution in [-0.2, 0) is 14.3 Å². The van der Waals surface area contributed by atoms with E-state index in [1.165, 1.54) is 18.2 Å². The van der Waals surface area contributed by atoms with Gasteiger partial charge in [-0.3, -0.25) is 9.59 Å². The molecule has 0 radical (unpaired) electrons. The normalized spacial score (nSPS) is 10.4. The Morgan fingerprint density at radius 1 is 1.19 bits per heavy atom. The minimum absolute atomic E-state index is 0.139. The van der Waals surface area contributed by atoms with E-state index in [1.54, 1.807) is 49.8 Å². The molecule has 0 aliphatic heterocycles. The molecule has 0 spiro atoms. The summed E-state index contributed by atoms with van der Waals surface area (Å²) in [5, 5.41) is 4.23. The molecule has 0 saturated heterocycles. The van der Waals surface area contributed by atoms with Crippen LogP contribution in [0.5, 0.6) is 0 Å². The maximum absolute atomic E-state index is 12.4. The Balaban J connectivity index is 2.12. The first-order valence-electron chi connectivity index (χ1n) is 8.53. The summed E-state index contributed by atoms with van der Waals surface area (Å²) in [5.41, 5.74) is 2.26. The number of aromatic nitrogens is 2. The molecule has 144 valence electrons. The average molecular weight is 373 g/mol. The highest BCUT2D eigenvalue weighted by Gasteiger charge is 2.17. The standard InChI is InChI=1S/C19H23N3O5/c1-5-27-19(25)16-12-20-22(13(16)2)15-8-6-14(7-9-15)18(24)21(3)11-10-17(23)26-4/h6-9,12H,5,10-11H2,1-4H3. The number of benzene rings is 1. The van der Waals surface area contributed by atoms with Crippen molar-refractivity contribution in [3.05, 3.63) is 47.3 Å². The third-order valence-electron chi connectivity index (χ3n) is 4.09. The van der Waals surface area contributed by atoms with Gasteiger partial charge in [-0.15, -0.1) is 0 Å².